The minimum Gasteiger partial charge on any atom is -0.496 e. The molecule has 0 aliphatic rings. The lowest BCUT2D eigenvalue weighted by Crippen LogP contribution is -2.26. The number of methoxy groups -OCH3 is 1. The van der Waals surface area contributed by atoms with Crippen LogP contribution in [0.3, 0.4) is 0 Å². The Kier molecular flexibility index (Phi) is 7.20. The summed E-state index contributed by atoms with van der Waals surface area (Å²) in [6, 6.07) is 11.4. The Morgan fingerprint density at radius 1 is 1.07 bits per heavy atom. The number of amides is 1. The molecule has 0 aliphatic carbocycles. The van der Waals surface area contributed by atoms with Crippen LogP contribution in [-0.4, -0.2) is 34.6 Å². The average molecular weight is 392 g/mol. The number of carbonyl (C=O) groups excluding carboxylic acids is 1. The van der Waals surface area contributed by atoms with E-state index in [-0.39, 0.29) is 17.0 Å². The van der Waals surface area contributed by atoms with E-state index in [1.807, 2.05) is 19.1 Å². The van der Waals surface area contributed by atoms with Gasteiger partial charge in [-0.25, -0.2) is 13.1 Å². The molecule has 0 radical (unpaired) electrons. The molecule has 2 aromatic rings. The van der Waals surface area contributed by atoms with E-state index in [1.165, 1.54) is 25.3 Å². The van der Waals surface area contributed by atoms with Crippen molar-refractivity contribution in [1.29, 1.82) is 0 Å². The Labute approximate surface area is 159 Å². The topological polar surface area (TPSA) is 93.7 Å². The van der Waals surface area contributed by atoms with Crippen molar-refractivity contribution in [3.63, 3.8) is 0 Å². The summed E-state index contributed by atoms with van der Waals surface area (Å²) in [7, 11) is -2.40. The molecule has 0 fully saturated rings. The standard InChI is InChI=1S/C19H24N2O5S/c1-4-20-19(22)16-12-15(10-11-18(16)25-3)27(23,24)21-13-14-8-6-7-9-17(14)26-5-2/h6-12,21H,4-5,13H2,1-3H3,(H,20,22). The number of carbonyl (C=O) groups is 1. The van der Waals surface area contributed by atoms with Crippen molar-refractivity contribution >= 4 is 15.9 Å². The van der Waals surface area contributed by atoms with Crippen LogP contribution in [0.1, 0.15) is 29.8 Å². The summed E-state index contributed by atoms with van der Waals surface area (Å²) in [5.74, 6) is 0.537. The summed E-state index contributed by atoms with van der Waals surface area (Å²) in [6.07, 6.45) is 0. The van der Waals surface area contributed by atoms with Crippen LogP contribution in [0.5, 0.6) is 11.5 Å². The maximum atomic E-state index is 12.7. The largest absolute Gasteiger partial charge is 0.496 e. The van der Waals surface area contributed by atoms with E-state index < -0.39 is 15.9 Å². The molecule has 146 valence electrons. The molecule has 2 rings (SSSR count). The second kappa shape index (κ2) is 9.38. The van der Waals surface area contributed by atoms with E-state index in [9.17, 15) is 13.2 Å². The Bertz CT molecular complexity index is 897. The maximum Gasteiger partial charge on any atom is 0.255 e. The first-order valence-electron chi connectivity index (χ1n) is 8.59. The average Bonchev–Trinajstić information content (AvgIpc) is 2.67. The van der Waals surface area contributed by atoms with Gasteiger partial charge in [0.25, 0.3) is 5.91 Å². The Hall–Kier alpha value is -2.58. The van der Waals surface area contributed by atoms with Crippen molar-refractivity contribution < 1.29 is 22.7 Å². The highest BCUT2D eigenvalue weighted by Gasteiger charge is 2.20. The molecule has 0 bridgehead atoms. The Morgan fingerprint density at radius 3 is 2.48 bits per heavy atom. The minimum absolute atomic E-state index is 0.0153. The van der Waals surface area contributed by atoms with Crippen LogP contribution in [0, 0.1) is 0 Å². The zero-order valence-electron chi connectivity index (χ0n) is 15.6. The van der Waals surface area contributed by atoms with Crippen LogP contribution in [0.4, 0.5) is 0 Å². The van der Waals surface area contributed by atoms with E-state index in [0.717, 1.165) is 5.56 Å². The minimum atomic E-state index is -3.83. The fraction of sp³-hybridized carbons (Fsp3) is 0.316. The van der Waals surface area contributed by atoms with Gasteiger partial charge in [-0.3, -0.25) is 4.79 Å². The highest BCUT2D eigenvalue weighted by molar-refractivity contribution is 7.89. The lowest BCUT2D eigenvalue weighted by atomic mass is 10.2. The summed E-state index contributed by atoms with van der Waals surface area (Å²) in [5, 5.41) is 2.64. The van der Waals surface area contributed by atoms with E-state index >= 15 is 0 Å². The summed E-state index contributed by atoms with van der Waals surface area (Å²) >= 11 is 0. The molecule has 0 spiro atoms. The summed E-state index contributed by atoms with van der Waals surface area (Å²) < 4.78 is 38.6. The van der Waals surface area contributed by atoms with Gasteiger partial charge >= 0.3 is 0 Å². The molecule has 0 unspecified atom stereocenters. The molecular weight excluding hydrogens is 368 g/mol. The first kappa shape index (κ1) is 20.7. The van der Waals surface area contributed by atoms with Gasteiger partial charge in [-0.2, -0.15) is 0 Å². The Balaban J connectivity index is 2.26. The van der Waals surface area contributed by atoms with Crippen molar-refractivity contribution in [1.82, 2.24) is 10.0 Å². The van der Waals surface area contributed by atoms with Gasteiger partial charge in [-0.1, -0.05) is 18.2 Å². The number of hydrogen-bond acceptors (Lipinski definition) is 5. The molecule has 2 aromatic carbocycles. The van der Waals surface area contributed by atoms with Crippen LogP contribution < -0.4 is 19.5 Å². The second-order valence-corrected chi connectivity index (χ2v) is 7.35. The van der Waals surface area contributed by atoms with Crippen molar-refractivity contribution in [2.24, 2.45) is 0 Å². The molecule has 0 aliphatic heterocycles. The van der Waals surface area contributed by atoms with Crippen molar-refractivity contribution in [3.05, 3.63) is 53.6 Å². The molecular formula is C19H24N2O5S. The molecule has 7 nitrogen and oxygen atoms in total. The van der Waals surface area contributed by atoms with E-state index in [1.54, 1.807) is 19.1 Å². The van der Waals surface area contributed by atoms with Gasteiger partial charge in [-0.15, -0.1) is 0 Å². The van der Waals surface area contributed by atoms with Gasteiger partial charge in [0.05, 0.1) is 24.2 Å². The number of para-hydroxylation sites is 1. The van der Waals surface area contributed by atoms with Gasteiger partial charge in [0.1, 0.15) is 11.5 Å². The fourth-order valence-corrected chi connectivity index (χ4v) is 3.52. The van der Waals surface area contributed by atoms with Gasteiger partial charge < -0.3 is 14.8 Å². The number of benzene rings is 2. The fourth-order valence-electron chi connectivity index (χ4n) is 2.49. The first-order valence-corrected chi connectivity index (χ1v) is 10.1. The molecule has 0 atom stereocenters. The summed E-state index contributed by atoms with van der Waals surface area (Å²) in [4.78, 5) is 12.2. The van der Waals surface area contributed by atoms with Crippen molar-refractivity contribution in [3.8, 4) is 11.5 Å². The predicted octanol–water partition coefficient (Wildman–Crippen LogP) is 2.32. The lowest BCUT2D eigenvalue weighted by Gasteiger charge is -2.13. The highest BCUT2D eigenvalue weighted by atomic mass is 32.2. The van der Waals surface area contributed by atoms with Crippen molar-refractivity contribution in [2.45, 2.75) is 25.3 Å². The van der Waals surface area contributed by atoms with Gasteiger partial charge in [0.2, 0.25) is 10.0 Å². The molecule has 2 N–H and O–H groups in total. The highest BCUT2D eigenvalue weighted by Crippen LogP contribution is 2.23. The van der Waals surface area contributed by atoms with Crippen LogP contribution >= 0.6 is 0 Å². The van der Waals surface area contributed by atoms with Crippen LogP contribution in [0.15, 0.2) is 47.4 Å². The molecule has 0 heterocycles. The molecule has 0 saturated heterocycles. The Morgan fingerprint density at radius 2 is 1.81 bits per heavy atom. The zero-order valence-corrected chi connectivity index (χ0v) is 16.4. The van der Waals surface area contributed by atoms with E-state index in [2.05, 4.69) is 10.0 Å². The molecule has 8 heteroatoms. The smallest absolute Gasteiger partial charge is 0.255 e. The predicted molar refractivity (Wildman–Crippen MR) is 103 cm³/mol. The lowest BCUT2D eigenvalue weighted by molar-refractivity contribution is 0.0952. The molecule has 0 aromatic heterocycles. The summed E-state index contributed by atoms with van der Waals surface area (Å²) in [6.45, 7) is 4.62. The monoisotopic (exact) mass is 392 g/mol. The summed E-state index contributed by atoms with van der Waals surface area (Å²) in [5.41, 5.74) is 0.886. The maximum absolute atomic E-state index is 12.7. The second-order valence-electron chi connectivity index (χ2n) is 5.59. The van der Waals surface area contributed by atoms with E-state index in [4.69, 9.17) is 9.47 Å². The number of nitrogens with one attached hydrogen (secondary N) is 2. The molecule has 0 saturated carbocycles. The molecule has 1 amide bonds. The van der Waals surface area contributed by atoms with Gasteiger partial charge in [0, 0.05) is 18.7 Å². The van der Waals surface area contributed by atoms with Crippen molar-refractivity contribution in [2.75, 3.05) is 20.3 Å². The van der Waals surface area contributed by atoms with Gasteiger partial charge in [-0.05, 0) is 38.1 Å². The number of hydrogen-bond donors (Lipinski definition) is 2. The van der Waals surface area contributed by atoms with Crippen LogP contribution in [0.25, 0.3) is 0 Å². The third kappa shape index (κ3) is 5.21. The molecule has 27 heavy (non-hydrogen) atoms. The third-order valence-electron chi connectivity index (χ3n) is 3.79. The number of sulfonamides is 1. The van der Waals surface area contributed by atoms with Gasteiger partial charge in [0.15, 0.2) is 0 Å². The SMILES string of the molecule is CCNC(=O)c1cc(S(=O)(=O)NCc2ccccc2OCC)ccc1OC. The third-order valence-corrected chi connectivity index (χ3v) is 5.19. The quantitative estimate of drug-likeness (QED) is 0.683. The first-order chi connectivity index (χ1) is 12.9. The van der Waals surface area contributed by atoms with Crippen LogP contribution in [-0.2, 0) is 16.6 Å². The van der Waals surface area contributed by atoms with E-state index in [0.29, 0.717) is 24.7 Å². The normalized spacial score (nSPS) is 11.1. The van der Waals surface area contributed by atoms with Crippen LogP contribution in [0.2, 0.25) is 0 Å². The number of rotatable bonds is 9. The number of ether oxygens (including phenoxy) is 2. The zero-order chi connectivity index (χ0) is 19.9.